The quantitative estimate of drug-likeness (QED) is 0.410. The topological polar surface area (TPSA) is 59.5 Å². The van der Waals surface area contributed by atoms with Crippen LogP contribution in [0.1, 0.15) is 9.67 Å². The van der Waals surface area contributed by atoms with Gasteiger partial charge in [-0.05, 0) is 29.6 Å². The smallest absolute Gasteiger partial charge is 0.265 e. The van der Waals surface area contributed by atoms with E-state index in [1.807, 2.05) is 65.4 Å². The predicted octanol–water partition coefficient (Wildman–Crippen LogP) is 5.15. The molecule has 1 aliphatic heterocycles. The summed E-state index contributed by atoms with van der Waals surface area (Å²) in [5, 5.41) is 4.78. The van der Waals surface area contributed by atoms with Gasteiger partial charge < -0.3 is 4.74 Å². The Kier molecular flexibility index (Phi) is 4.90. The van der Waals surface area contributed by atoms with E-state index in [2.05, 4.69) is 0 Å². The van der Waals surface area contributed by atoms with Crippen LogP contribution < -0.4 is 9.64 Å². The zero-order valence-electron chi connectivity index (χ0n) is 15.8. The maximum Gasteiger partial charge on any atom is 0.265 e. The third-order valence-corrected chi connectivity index (χ3v) is 6.62. The molecule has 2 aromatic heterocycles. The largest absolute Gasteiger partial charge is 0.482 e. The first kappa shape index (κ1) is 18.7. The number of fused-ring (bicyclic) bond motifs is 1. The molecule has 0 N–H and O–H groups in total. The molecule has 0 bridgehead atoms. The molecule has 0 saturated heterocycles. The molecule has 0 saturated carbocycles. The van der Waals surface area contributed by atoms with Crippen LogP contribution in [0.4, 0.5) is 5.69 Å². The number of carbonyl (C=O) groups excluding carboxylic acids is 2. The van der Waals surface area contributed by atoms with Gasteiger partial charge in [0.2, 0.25) is 0 Å². The molecule has 0 atom stereocenters. The van der Waals surface area contributed by atoms with Gasteiger partial charge in [0.05, 0.1) is 22.8 Å². The summed E-state index contributed by atoms with van der Waals surface area (Å²) in [6.45, 7) is -0.0790. The lowest BCUT2D eigenvalue weighted by Crippen LogP contribution is -2.41. The molecule has 7 heteroatoms. The monoisotopic (exact) mass is 432 g/mol. The van der Waals surface area contributed by atoms with E-state index in [1.54, 1.807) is 17.4 Å². The van der Waals surface area contributed by atoms with Gasteiger partial charge in [-0.2, -0.15) is 0 Å². The summed E-state index contributed by atoms with van der Waals surface area (Å²) in [5.74, 6) is 0.278. The molecule has 1 amide bonds. The molecule has 5 nitrogen and oxygen atoms in total. The van der Waals surface area contributed by atoms with Gasteiger partial charge in [0.15, 0.2) is 12.4 Å². The second-order valence-electron chi connectivity index (χ2n) is 6.76. The van der Waals surface area contributed by atoms with Gasteiger partial charge in [0.1, 0.15) is 10.8 Å². The number of carbonyl (C=O) groups is 2. The lowest BCUT2D eigenvalue weighted by atomic mass is 10.1. The summed E-state index contributed by atoms with van der Waals surface area (Å²) in [6.07, 6.45) is 0. The van der Waals surface area contributed by atoms with E-state index < -0.39 is 0 Å². The van der Waals surface area contributed by atoms with Crippen LogP contribution >= 0.6 is 22.7 Å². The Morgan fingerprint density at radius 1 is 1.03 bits per heavy atom. The Balaban J connectivity index is 1.47. The second-order valence-corrected chi connectivity index (χ2v) is 8.56. The van der Waals surface area contributed by atoms with E-state index in [0.29, 0.717) is 16.3 Å². The van der Waals surface area contributed by atoms with Gasteiger partial charge in [-0.1, -0.05) is 36.4 Å². The molecular formula is C23H16N2O3S2. The number of hydrogen-bond acceptors (Lipinski definition) is 6. The van der Waals surface area contributed by atoms with Crippen LogP contribution in [0.15, 0.2) is 71.4 Å². The number of thiazole rings is 1. The Morgan fingerprint density at radius 3 is 2.70 bits per heavy atom. The number of ether oxygens (including phenoxy) is 1. The summed E-state index contributed by atoms with van der Waals surface area (Å²) in [5.41, 5.74) is 3.36. The van der Waals surface area contributed by atoms with Crippen molar-refractivity contribution < 1.29 is 14.3 Å². The summed E-state index contributed by atoms with van der Waals surface area (Å²) >= 11 is 2.94. The molecule has 4 aromatic rings. The van der Waals surface area contributed by atoms with Crippen molar-refractivity contribution in [2.75, 3.05) is 18.1 Å². The normalized spacial score (nSPS) is 13.1. The Labute approximate surface area is 181 Å². The maximum absolute atomic E-state index is 12.6. The van der Waals surface area contributed by atoms with E-state index in [0.717, 1.165) is 21.8 Å². The third kappa shape index (κ3) is 3.53. The number of amides is 1. The van der Waals surface area contributed by atoms with Crippen molar-refractivity contribution in [1.29, 1.82) is 0 Å². The van der Waals surface area contributed by atoms with Crippen molar-refractivity contribution in [2.45, 2.75) is 0 Å². The molecule has 3 heterocycles. The number of thiophene rings is 1. The van der Waals surface area contributed by atoms with Crippen molar-refractivity contribution in [3.63, 3.8) is 0 Å². The van der Waals surface area contributed by atoms with Crippen LogP contribution in [-0.4, -0.2) is 29.8 Å². The number of aromatic nitrogens is 1. The van der Waals surface area contributed by atoms with Crippen molar-refractivity contribution in [3.8, 4) is 27.6 Å². The number of Topliss-reactive ketones (excluding diaryl/α,β-unsaturated/α-hetero) is 1. The molecule has 1 aliphatic rings. The summed E-state index contributed by atoms with van der Waals surface area (Å²) in [4.78, 5) is 32.0. The highest BCUT2D eigenvalue weighted by Gasteiger charge is 2.28. The average Bonchev–Trinajstić information content (AvgIpc) is 3.49. The van der Waals surface area contributed by atoms with Gasteiger partial charge in [0.25, 0.3) is 5.91 Å². The van der Waals surface area contributed by atoms with Gasteiger partial charge in [-0.15, -0.1) is 22.7 Å². The Hall–Kier alpha value is -3.29. The minimum absolute atomic E-state index is 0.00844. The average molecular weight is 433 g/mol. The predicted molar refractivity (Wildman–Crippen MR) is 119 cm³/mol. The second kappa shape index (κ2) is 7.85. The van der Waals surface area contributed by atoms with E-state index >= 15 is 0 Å². The van der Waals surface area contributed by atoms with Crippen molar-refractivity contribution in [3.05, 3.63) is 76.3 Å². The fraction of sp³-hybridized carbons (Fsp3) is 0.0870. The zero-order chi connectivity index (χ0) is 20.5. The number of ketones is 1. The minimum atomic E-state index is -0.229. The number of nitrogens with zero attached hydrogens (tertiary/aromatic N) is 2. The summed E-state index contributed by atoms with van der Waals surface area (Å²) in [7, 11) is 0. The first-order valence-electron chi connectivity index (χ1n) is 9.34. The van der Waals surface area contributed by atoms with Crippen LogP contribution in [0.3, 0.4) is 0 Å². The van der Waals surface area contributed by atoms with E-state index in [1.165, 1.54) is 16.2 Å². The fourth-order valence-electron chi connectivity index (χ4n) is 3.31. The molecule has 0 unspecified atom stereocenters. The zero-order valence-corrected chi connectivity index (χ0v) is 17.4. The van der Waals surface area contributed by atoms with E-state index in [-0.39, 0.29) is 24.8 Å². The molecule has 0 aliphatic carbocycles. The minimum Gasteiger partial charge on any atom is -0.482 e. The van der Waals surface area contributed by atoms with Crippen LogP contribution in [0, 0.1) is 0 Å². The van der Waals surface area contributed by atoms with Crippen molar-refractivity contribution in [2.24, 2.45) is 0 Å². The van der Waals surface area contributed by atoms with Gasteiger partial charge in [0, 0.05) is 16.5 Å². The molecule has 5 rings (SSSR count). The maximum atomic E-state index is 12.6. The van der Waals surface area contributed by atoms with Gasteiger partial charge in [-0.3, -0.25) is 14.5 Å². The molecule has 148 valence electrons. The first-order valence-corrected chi connectivity index (χ1v) is 11.1. The molecular weight excluding hydrogens is 416 g/mol. The number of benzene rings is 2. The number of rotatable bonds is 5. The van der Waals surface area contributed by atoms with E-state index in [9.17, 15) is 9.59 Å². The highest BCUT2D eigenvalue weighted by molar-refractivity contribution is 7.13. The highest BCUT2D eigenvalue weighted by atomic mass is 32.1. The van der Waals surface area contributed by atoms with E-state index in [4.69, 9.17) is 9.72 Å². The molecule has 0 fully saturated rings. The molecule has 2 aromatic carbocycles. The third-order valence-electron chi connectivity index (χ3n) is 4.82. The number of hydrogen-bond donors (Lipinski definition) is 0. The summed E-state index contributed by atoms with van der Waals surface area (Å²) < 4.78 is 5.59. The van der Waals surface area contributed by atoms with Crippen LogP contribution in [0.2, 0.25) is 0 Å². The molecule has 0 spiro atoms. The first-order chi connectivity index (χ1) is 14.7. The van der Waals surface area contributed by atoms with Crippen molar-refractivity contribution >= 4 is 40.1 Å². The molecule has 30 heavy (non-hydrogen) atoms. The fourth-order valence-corrected chi connectivity index (χ4v) is 4.81. The Morgan fingerprint density at radius 2 is 1.90 bits per heavy atom. The van der Waals surface area contributed by atoms with Crippen LogP contribution in [0.5, 0.6) is 5.75 Å². The lowest BCUT2D eigenvalue weighted by Gasteiger charge is -2.29. The van der Waals surface area contributed by atoms with Crippen LogP contribution in [-0.2, 0) is 4.79 Å². The van der Waals surface area contributed by atoms with Crippen molar-refractivity contribution in [1.82, 2.24) is 4.98 Å². The highest BCUT2D eigenvalue weighted by Crippen LogP contribution is 2.37. The molecule has 0 radical (unpaired) electrons. The van der Waals surface area contributed by atoms with Gasteiger partial charge in [-0.25, -0.2) is 4.98 Å². The Bertz CT molecular complexity index is 1220. The standard InChI is InChI=1S/C23H16N2O3S2/c26-19(21-7-4-10-29-21)12-25-18-11-16(8-9-20(18)28-13-22(25)27)17-14-30-23(24-17)15-5-2-1-3-6-15/h1-11,14H,12-13H2. The van der Waals surface area contributed by atoms with Gasteiger partial charge >= 0.3 is 0 Å². The summed E-state index contributed by atoms with van der Waals surface area (Å²) in [6, 6.07) is 19.2. The SMILES string of the molecule is O=C(CN1C(=O)COc2ccc(-c3csc(-c4ccccc4)n3)cc21)c1cccs1. The number of anilines is 1. The lowest BCUT2D eigenvalue weighted by molar-refractivity contribution is -0.121. The van der Waals surface area contributed by atoms with Crippen LogP contribution in [0.25, 0.3) is 21.8 Å².